The van der Waals surface area contributed by atoms with Crippen LogP contribution in [0.2, 0.25) is 10.0 Å². The summed E-state index contributed by atoms with van der Waals surface area (Å²) in [5.74, 6) is -1.39. The summed E-state index contributed by atoms with van der Waals surface area (Å²) in [6.07, 6.45) is 1.67. The van der Waals surface area contributed by atoms with E-state index in [9.17, 15) is 9.18 Å². The van der Waals surface area contributed by atoms with Gasteiger partial charge in [-0.05, 0) is 37.3 Å². The molecule has 3 N–H and O–H groups in total. The molecule has 0 aliphatic rings. The van der Waals surface area contributed by atoms with Crippen LogP contribution < -0.4 is 16.0 Å². The molecule has 29 heavy (non-hydrogen) atoms. The Hall–Kier alpha value is -2.31. The van der Waals surface area contributed by atoms with Gasteiger partial charge >= 0.3 is 0 Å². The Morgan fingerprint density at radius 2 is 1.93 bits per heavy atom. The molecule has 1 heterocycles. The van der Waals surface area contributed by atoms with E-state index in [-0.39, 0.29) is 21.6 Å². The van der Waals surface area contributed by atoms with Gasteiger partial charge in [0.1, 0.15) is 0 Å². The van der Waals surface area contributed by atoms with Gasteiger partial charge in [0, 0.05) is 15.6 Å². The summed E-state index contributed by atoms with van der Waals surface area (Å²) in [7, 11) is 0. The molecule has 1 aromatic heterocycles. The van der Waals surface area contributed by atoms with Crippen molar-refractivity contribution >= 4 is 64.0 Å². The van der Waals surface area contributed by atoms with E-state index in [4.69, 9.17) is 51.7 Å². The molecular formula is C17H13Cl4FN6O. The van der Waals surface area contributed by atoms with Crippen molar-refractivity contribution in [3.05, 3.63) is 58.1 Å². The summed E-state index contributed by atoms with van der Waals surface area (Å²) in [6.45, 7) is 1.40. The molecule has 0 saturated carbocycles. The fourth-order valence-electron chi connectivity index (χ4n) is 2.03. The van der Waals surface area contributed by atoms with Crippen molar-refractivity contribution in [2.45, 2.75) is 17.4 Å². The average Bonchev–Trinajstić information content (AvgIpc) is 2.61. The summed E-state index contributed by atoms with van der Waals surface area (Å²) in [5, 5.41) is 17.0. The molecule has 152 valence electrons. The highest BCUT2D eigenvalue weighted by molar-refractivity contribution is 6.48. The first-order chi connectivity index (χ1) is 13.6. The number of nitrogens with one attached hydrogen (secondary N) is 3. The molecule has 0 aliphatic carbocycles. The van der Waals surface area contributed by atoms with E-state index in [1.165, 1.54) is 37.4 Å². The van der Waals surface area contributed by atoms with Crippen LogP contribution in [0.3, 0.4) is 0 Å². The number of nitrogens with zero attached hydrogens (tertiary/aromatic N) is 3. The summed E-state index contributed by atoms with van der Waals surface area (Å²) in [6, 6.07) is 6.76. The third-order valence-corrected chi connectivity index (χ3v) is 4.15. The number of pyridine rings is 1. The lowest BCUT2D eigenvalue weighted by Gasteiger charge is -2.25. The van der Waals surface area contributed by atoms with Crippen LogP contribution >= 0.6 is 46.4 Å². The van der Waals surface area contributed by atoms with E-state index in [1.807, 2.05) is 0 Å². The largest absolute Gasteiger partial charge is 0.328 e. The van der Waals surface area contributed by atoms with Crippen molar-refractivity contribution in [2.75, 3.05) is 5.32 Å². The van der Waals surface area contributed by atoms with Gasteiger partial charge in [-0.25, -0.2) is 9.98 Å². The SMILES string of the molecule is CC(Cl)(Cl)C(N=C(NC#N)Nc1ccc(F)nc1)NC(=O)c1cc(Cl)cc(Cl)c1. The van der Waals surface area contributed by atoms with E-state index < -0.39 is 22.4 Å². The lowest BCUT2D eigenvalue weighted by atomic mass is 10.2. The first kappa shape index (κ1) is 23.0. The standard InChI is InChI=1S/C17H13Cl4FN6O/c1-17(20,21)15(27-14(29)9-4-10(18)6-11(19)5-9)28-16(25-8-23)26-12-2-3-13(22)24-7-12/h2-7,15H,1H3,(H,27,29)(H2,25,26,28). The van der Waals surface area contributed by atoms with Crippen LogP contribution in [0, 0.1) is 17.4 Å². The van der Waals surface area contributed by atoms with Crippen molar-refractivity contribution in [2.24, 2.45) is 4.99 Å². The van der Waals surface area contributed by atoms with Crippen molar-refractivity contribution in [1.82, 2.24) is 15.6 Å². The molecule has 7 nitrogen and oxygen atoms in total. The number of amides is 1. The molecule has 2 rings (SSSR count). The van der Waals surface area contributed by atoms with Crippen LogP contribution in [-0.4, -0.2) is 27.3 Å². The maximum absolute atomic E-state index is 13.0. The molecule has 0 bridgehead atoms. The predicted octanol–water partition coefficient (Wildman–Crippen LogP) is 4.32. The Morgan fingerprint density at radius 3 is 2.45 bits per heavy atom. The number of carbonyl (C=O) groups is 1. The summed E-state index contributed by atoms with van der Waals surface area (Å²) >= 11 is 24.1. The van der Waals surface area contributed by atoms with Crippen molar-refractivity contribution < 1.29 is 9.18 Å². The Labute approximate surface area is 185 Å². The predicted molar refractivity (Wildman–Crippen MR) is 112 cm³/mol. The third-order valence-electron chi connectivity index (χ3n) is 3.30. The van der Waals surface area contributed by atoms with Gasteiger partial charge in [-0.15, -0.1) is 0 Å². The number of hydrogen-bond donors (Lipinski definition) is 3. The van der Waals surface area contributed by atoms with Crippen molar-refractivity contribution in [3.63, 3.8) is 0 Å². The van der Waals surface area contributed by atoms with Gasteiger partial charge in [0.2, 0.25) is 11.9 Å². The van der Waals surface area contributed by atoms with E-state index >= 15 is 0 Å². The smallest absolute Gasteiger partial charge is 0.253 e. The number of guanidine groups is 1. The summed E-state index contributed by atoms with van der Waals surface area (Å²) < 4.78 is 11.4. The Balaban J connectivity index is 2.29. The second-order valence-electron chi connectivity index (χ2n) is 5.70. The topological polar surface area (TPSA) is 102 Å². The van der Waals surface area contributed by atoms with Gasteiger partial charge in [0.05, 0.1) is 11.9 Å². The quantitative estimate of drug-likeness (QED) is 0.149. The monoisotopic (exact) mass is 476 g/mol. The van der Waals surface area contributed by atoms with Crippen LogP contribution in [0.25, 0.3) is 0 Å². The Bertz CT molecular complexity index is 936. The second kappa shape index (κ2) is 9.94. The number of anilines is 1. The highest BCUT2D eigenvalue weighted by Gasteiger charge is 2.32. The van der Waals surface area contributed by atoms with Crippen LogP contribution in [0.5, 0.6) is 0 Å². The van der Waals surface area contributed by atoms with Crippen molar-refractivity contribution in [3.8, 4) is 6.19 Å². The first-order valence-corrected chi connectivity index (χ1v) is 9.36. The van der Waals surface area contributed by atoms with Gasteiger partial charge in [0.25, 0.3) is 5.91 Å². The molecule has 1 atom stereocenters. The minimum Gasteiger partial charge on any atom is -0.328 e. The Morgan fingerprint density at radius 1 is 1.28 bits per heavy atom. The first-order valence-electron chi connectivity index (χ1n) is 7.85. The number of carbonyl (C=O) groups excluding carboxylic acids is 1. The normalized spacial score (nSPS) is 12.7. The van der Waals surface area contributed by atoms with Crippen LogP contribution in [-0.2, 0) is 0 Å². The number of benzene rings is 1. The Kier molecular flexibility index (Phi) is 7.88. The summed E-state index contributed by atoms with van der Waals surface area (Å²) in [4.78, 5) is 20.2. The highest BCUT2D eigenvalue weighted by Crippen LogP contribution is 2.26. The second-order valence-corrected chi connectivity index (χ2v) is 8.34. The molecule has 1 unspecified atom stereocenters. The molecular weight excluding hydrogens is 465 g/mol. The highest BCUT2D eigenvalue weighted by atomic mass is 35.5. The van der Waals surface area contributed by atoms with Crippen molar-refractivity contribution in [1.29, 1.82) is 5.26 Å². The molecule has 2 aromatic rings. The number of alkyl halides is 2. The maximum atomic E-state index is 13.0. The number of rotatable bonds is 5. The number of hydrogen-bond acceptors (Lipinski definition) is 4. The van der Waals surface area contributed by atoms with Crippen LogP contribution in [0.15, 0.2) is 41.5 Å². The van der Waals surface area contributed by atoms with E-state index in [1.54, 1.807) is 6.19 Å². The number of halogens is 5. The van der Waals surface area contributed by atoms with Gasteiger partial charge < -0.3 is 10.6 Å². The fourth-order valence-corrected chi connectivity index (χ4v) is 2.76. The minimum atomic E-state index is -1.57. The summed E-state index contributed by atoms with van der Waals surface area (Å²) in [5.41, 5.74) is 0.483. The molecule has 12 heteroatoms. The number of aromatic nitrogens is 1. The van der Waals surface area contributed by atoms with Crippen LogP contribution in [0.1, 0.15) is 17.3 Å². The van der Waals surface area contributed by atoms with Crippen LogP contribution in [0.4, 0.5) is 10.1 Å². The molecule has 0 saturated heterocycles. The minimum absolute atomic E-state index is 0.108. The average molecular weight is 478 g/mol. The molecule has 1 aromatic carbocycles. The zero-order chi connectivity index (χ0) is 21.6. The van der Waals surface area contributed by atoms with E-state index in [0.717, 1.165) is 6.07 Å². The van der Waals surface area contributed by atoms with Gasteiger partial charge in [-0.3, -0.25) is 10.1 Å². The molecule has 0 aliphatic heterocycles. The van der Waals surface area contributed by atoms with Gasteiger partial charge in [-0.1, -0.05) is 46.4 Å². The molecule has 1 amide bonds. The van der Waals surface area contributed by atoms with E-state index in [2.05, 4.69) is 25.9 Å². The van der Waals surface area contributed by atoms with Gasteiger partial charge in [-0.2, -0.15) is 9.65 Å². The molecule has 0 fully saturated rings. The maximum Gasteiger partial charge on any atom is 0.253 e. The number of nitriles is 1. The lowest BCUT2D eigenvalue weighted by molar-refractivity contribution is 0.0935. The van der Waals surface area contributed by atoms with Gasteiger partial charge in [0.15, 0.2) is 16.7 Å². The zero-order valence-electron chi connectivity index (χ0n) is 14.7. The molecule has 0 spiro atoms. The zero-order valence-corrected chi connectivity index (χ0v) is 17.7. The molecule has 0 radical (unpaired) electrons. The fraction of sp³-hybridized carbons (Fsp3) is 0.176. The lowest BCUT2D eigenvalue weighted by Crippen LogP contribution is -2.45. The third kappa shape index (κ3) is 7.22. The number of aliphatic imine (C=N–C) groups is 1. The van der Waals surface area contributed by atoms with E-state index in [0.29, 0.717) is 5.69 Å².